The van der Waals surface area contributed by atoms with Gasteiger partial charge in [-0.25, -0.2) is 0 Å². The average molecular weight is 211 g/mol. The SMILES string of the molecule is CCN(CCC#N)C(=O)C(C)(CC)CN. The predicted molar refractivity (Wildman–Crippen MR) is 59.9 cm³/mol. The number of hydrogen-bond donors (Lipinski definition) is 1. The maximum atomic E-state index is 12.1. The van der Waals surface area contributed by atoms with Gasteiger partial charge in [0.15, 0.2) is 0 Å². The van der Waals surface area contributed by atoms with Gasteiger partial charge >= 0.3 is 0 Å². The van der Waals surface area contributed by atoms with Gasteiger partial charge in [-0.3, -0.25) is 4.79 Å². The highest BCUT2D eigenvalue weighted by molar-refractivity contribution is 5.82. The largest absolute Gasteiger partial charge is 0.341 e. The van der Waals surface area contributed by atoms with Crippen molar-refractivity contribution in [1.29, 1.82) is 5.26 Å². The molecule has 0 aliphatic heterocycles. The van der Waals surface area contributed by atoms with Gasteiger partial charge in [-0.1, -0.05) is 6.92 Å². The molecule has 2 N–H and O–H groups in total. The standard InChI is InChI=1S/C11H21N3O/c1-4-11(3,9-13)10(15)14(5-2)8-6-7-12/h4-6,8-9,13H2,1-3H3. The second kappa shape index (κ2) is 6.41. The number of carbonyl (C=O) groups is 1. The van der Waals surface area contributed by atoms with Gasteiger partial charge in [0, 0.05) is 19.6 Å². The summed E-state index contributed by atoms with van der Waals surface area (Å²) >= 11 is 0. The lowest BCUT2D eigenvalue weighted by molar-refractivity contribution is -0.140. The Balaban J connectivity index is 4.56. The second-order valence-corrected chi connectivity index (χ2v) is 3.91. The molecule has 4 heteroatoms. The minimum absolute atomic E-state index is 0.0604. The van der Waals surface area contributed by atoms with Gasteiger partial charge in [0.05, 0.1) is 17.9 Å². The molecule has 0 aliphatic rings. The molecule has 0 radical (unpaired) electrons. The molecule has 0 aromatic carbocycles. The van der Waals surface area contributed by atoms with E-state index in [2.05, 4.69) is 0 Å². The molecule has 0 heterocycles. The van der Waals surface area contributed by atoms with Crippen molar-refractivity contribution < 1.29 is 4.79 Å². The number of nitrogens with zero attached hydrogens (tertiary/aromatic N) is 2. The summed E-state index contributed by atoms with van der Waals surface area (Å²) < 4.78 is 0. The minimum Gasteiger partial charge on any atom is -0.341 e. The summed E-state index contributed by atoms with van der Waals surface area (Å²) in [6.07, 6.45) is 1.11. The molecule has 1 amide bonds. The van der Waals surface area contributed by atoms with Crippen molar-refractivity contribution in [3.05, 3.63) is 0 Å². The Bertz CT molecular complexity index is 241. The molecule has 0 bridgehead atoms. The molecule has 0 saturated heterocycles. The minimum atomic E-state index is -0.481. The highest BCUT2D eigenvalue weighted by atomic mass is 16.2. The van der Waals surface area contributed by atoms with E-state index in [9.17, 15) is 4.79 Å². The fourth-order valence-corrected chi connectivity index (χ4v) is 1.35. The van der Waals surface area contributed by atoms with Crippen molar-refractivity contribution >= 4 is 5.91 Å². The molecule has 1 atom stereocenters. The van der Waals surface area contributed by atoms with E-state index in [4.69, 9.17) is 11.0 Å². The van der Waals surface area contributed by atoms with Crippen molar-refractivity contribution in [3.63, 3.8) is 0 Å². The molecule has 4 nitrogen and oxygen atoms in total. The van der Waals surface area contributed by atoms with Crippen LogP contribution in [0, 0.1) is 16.7 Å². The predicted octanol–water partition coefficient (Wildman–Crippen LogP) is 1.12. The summed E-state index contributed by atoms with van der Waals surface area (Å²) in [5, 5.41) is 8.50. The van der Waals surface area contributed by atoms with E-state index in [0.717, 1.165) is 6.42 Å². The number of nitrogens with two attached hydrogens (primary N) is 1. The highest BCUT2D eigenvalue weighted by Gasteiger charge is 2.32. The quantitative estimate of drug-likeness (QED) is 0.715. The zero-order chi connectivity index (χ0) is 11.9. The molecule has 0 aromatic heterocycles. The van der Waals surface area contributed by atoms with E-state index in [1.54, 1.807) is 4.90 Å². The fourth-order valence-electron chi connectivity index (χ4n) is 1.35. The molecule has 0 saturated carbocycles. The summed E-state index contributed by atoms with van der Waals surface area (Å²) in [6.45, 7) is 7.25. The van der Waals surface area contributed by atoms with E-state index in [1.807, 2.05) is 26.8 Å². The van der Waals surface area contributed by atoms with Crippen LogP contribution in [0.5, 0.6) is 0 Å². The number of amides is 1. The molecule has 0 rings (SSSR count). The van der Waals surface area contributed by atoms with Gasteiger partial charge in [0.2, 0.25) is 5.91 Å². The van der Waals surface area contributed by atoms with E-state index >= 15 is 0 Å². The van der Waals surface area contributed by atoms with Crippen molar-refractivity contribution in [2.24, 2.45) is 11.1 Å². The van der Waals surface area contributed by atoms with Crippen molar-refractivity contribution in [1.82, 2.24) is 4.90 Å². The summed E-state index contributed by atoms with van der Waals surface area (Å²) in [6, 6.07) is 2.05. The first kappa shape index (κ1) is 13.9. The average Bonchev–Trinajstić information content (AvgIpc) is 2.28. The first-order valence-electron chi connectivity index (χ1n) is 5.42. The summed E-state index contributed by atoms with van der Waals surface area (Å²) in [4.78, 5) is 13.8. The van der Waals surface area contributed by atoms with Gasteiger partial charge in [0.1, 0.15) is 0 Å². The Morgan fingerprint density at radius 1 is 1.53 bits per heavy atom. The van der Waals surface area contributed by atoms with Crippen LogP contribution < -0.4 is 5.73 Å². The van der Waals surface area contributed by atoms with Crippen LogP contribution in [-0.4, -0.2) is 30.4 Å². The van der Waals surface area contributed by atoms with Crippen LogP contribution in [0.2, 0.25) is 0 Å². The summed E-state index contributed by atoms with van der Waals surface area (Å²) in [5.74, 6) is 0.0604. The second-order valence-electron chi connectivity index (χ2n) is 3.91. The van der Waals surface area contributed by atoms with Crippen molar-refractivity contribution in [2.75, 3.05) is 19.6 Å². The maximum absolute atomic E-state index is 12.1. The third-order valence-corrected chi connectivity index (χ3v) is 2.91. The molecule has 1 unspecified atom stereocenters. The van der Waals surface area contributed by atoms with Crippen LogP contribution in [0.1, 0.15) is 33.6 Å². The van der Waals surface area contributed by atoms with Crippen LogP contribution in [-0.2, 0) is 4.79 Å². The first-order chi connectivity index (χ1) is 7.05. The van der Waals surface area contributed by atoms with Crippen LogP contribution in [0.3, 0.4) is 0 Å². The van der Waals surface area contributed by atoms with Crippen LogP contribution >= 0.6 is 0 Å². The lowest BCUT2D eigenvalue weighted by Crippen LogP contribution is -2.46. The Morgan fingerprint density at radius 2 is 2.13 bits per heavy atom. The summed E-state index contributed by atoms with van der Waals surface area (Å²) in [7, 11) is 0. The maximum Gasteiger partial charge on any atom is 0.229 e. The Hall–Kier alpha value is -1.08. The van der Waals surface area contributed by atoms with Gasteiger partial charge in [-0.2, -0.15) is 5.26 Å². The topological polar surface area (TPSA) is 70.1 Å². The van der Waals surface area contributed by atoms with Gasteiger partial charge in [0.25, 0.3) is 0 Å². The number of hydrogen-bond acceptors (Lipinski definition) is 3. The Kier molecular flexibility index (Phi) is 5.95. The van der Waals surface area contributed by atoms with Crippen molar-refractivity contribution in [2.45, 2.75) is 33.6 Å². The third-order valence-electron chi connectivity index (χ3n) is 2.91. The van der Waals surface area contributed by atoms with E-state index in [1.165, 1.54) is 0 Å². The van der Waals surface area contributed by atoms with Crippen LogP contribution in [0.4, 0.5) is 0 Å². The van der Waals surface area contributed by atoms with E-state index < -0.39 is 5.41 Å². The monoisotopic (exact) mass is 211 g/mol. The normalized spacial score (nSPS) is 14.1. The number of rotatable bonds is 6. The highest BCUT2D eigenvalue weighted by Crippen LogP contribution is 2.22. The lowest BCUT2D eigenvalue weighted by Gasteiger charge is -2.32. The van der Waals surface area contributed by atoms with Crippen molar-refractivity contribution in [3.8, 4) is 6.07 Å². The van der Waals surface area contributed by atoms with E-state index in [-0.39, 0.29) is 5.91 Å². The number of nitriles is 1. The molecule has 15 heavy (non-hydrogen) atoms. The van der Waals surface area contributed by atoms with Gasteiger partial charge < -0.3 is 10.6 Å². The number of carbonyl (C=O) groups excluding carboxylic acids is 1. The van der Waals surface area contributed by atoms with Crippen LogP contribution in [0.25, 0.3) is 0 Å². The third kappa shape index (κ3) is 3.52. The van der Waals surface area contributed by atoms with E-state index in [0.29, 0.717) is 26.1 Å². The van der Waals surface area contributed by atoms with Crippen LogP contribution in [0.15, 0.2) is 0 Å². The Morgan fingerprint density at radius 3 is 2.47 bits per heavy atom. The molecular weight excluding hydrogens is 190 g/mol. The molecule has 0 aromatic rings. The molecular formula is C11H21N3O. The summed E-state index contributed by atoms with van der Waals surface area (Å²) in [5.41, 5.74) is 5.15. The fraction of sp³-hybridized carbons (Fsp3) is 0.818. The van der Waals surface area contributed by atoms with Gasteiger partial charge in [-0.05, 0) is 20.3 Å². The zero-order valence-electron chi connectivity index (χ0n) is 9.92. The first-order valence-corrected chi connectivity index (χ1v) is 5.42. The molecule has 0 aliphatic carbocycles. The molecule has 0 fully saturated rings. The molecule has 86 valence electrons. The lowest BCUT2D eigenvalue weighted by atomic mass is 9.86. The smallest absolute Gasteiger partial charge is 0.229 e. The van der Waals surface area contributed by atoms with Gasteiger partial charge in [-0.15, -0.1) is 0 Å². The Labute approximate surface area is 92.0 Å². The zero-order valence-corrected chi connectivity index (χ0v) is 9.92. The molecule has 0 spiro atoms.